The molecule has 0 fully saturated rings. The smallest absolute Gasteiger partial charge is 0.153 e. The van der Waals surface area contributed by atoms with Crippen molar-refractivity contribution in [2.75, 3.05) is 0 Å². The second-order valence-corrected chi connectivity index (χ2v) is 12.3. The average molecular weight is 515 g/mol. The third-order valence-corrected chi connectivity index (χ3v) is 6.93. The van der Waals surface area contributed by atoms with Gasteiger partial charge in [0.2, 0.25) is 0 Å². The molecule has 0 amide bonds. The lowest BCUT2D eigenvalue weighted by molar-refractivity contribution is 0.447. The van der Waals surface area contributed by atoms with Gasteiger partial charge in [0.15, 0.2) is 5.75 Å². The normalized spacial score (nSPS) is 13.2. The predicted molar refractivity (Wildman–Crippen MR) is 163 cm³/mol. The number of ether oxygens (including phenoxy) is 1. The van der Waals surface area contributed by atoms with E-state index in [1.807, 2.05) is 54.6 Å². The van der Waals surface area contributed by atoms with E-state index in [4.69, 9.17) is 14.7 Å². The first-order chi connectivity index (χ1) is 18.5. The number of hydrogen-bond donors (Lipinski definition) is 2. The Bertz CT molecular complexity index is 1800. The molecule has 1 aromatic carbocycles. The third kappa shape index (κ3) is 5.17. The van der Waals surface area contributed by atoms with Crippen LogP contribution in [0.5, 0.6) is 11.5 Å². The Morgan fingerprint density at radius 2 is 1.13 bits per heavy atom. The molecule has 3 aromatic heterocycles. The third-order valence-electron chi connectivity index (χ3n) is 6.93. The zero-order chi connectivity index (χ0) is 27.4. The van der Waals surface area contributed by atoms with Gasteiger partial charge in [-0.1, -0.05) is 53.7 Å². The molecule has 4 aromatic rings. The van der Waals surface area contributed by atoms with Gasteiger partial charge in [-0.2, -0.15) is 0 Å². The Balaban J connectivity index is 1.57. The maximum Gasteiger partial charge on any atom is 0.153 e. The van der Waals surface area contributed by atoms with Crippen LogP contribution in [0.25, 0.3) is 46.4 Å². The Morgan fingerprint density at radius 3 is 1.69 bits per heavy atom. The van der Waals surface area contributed by atoms with Crippen molar-refractivity contribution in [3.8, 4) is 11.5 Å². The molecule has 0 radical (unpaired) electrons. The van der Waals surface area contributed by atoms with Gasteiger partial charge in [0.1, 0.15) is 5.75 Å². The van der Waals surface area contributed by atoms with Gasteiger partial charge < -0.3 is 14.7 Å². The van der Waals surface area contributed by atoms with Crippen molar-refractivity contribution < 1.29 is 4.74 Å². The van der Waals surface area contributed by atoms with Crippen molar-refractivity contribution >= 4 is 46.4 Å². The first-order valence-electron chi connectivity index (χ1n) is 13.4. The van der Waals surface area contributed by atoms with Crippen molar-refractivity contribution in [2.24, 2.45) is 0 Å². The lowest BCUT2D eigenvalue weighted by atomic mass is 9.75. The van der Waals surface area contributed by atoms with E-state index in [2.05, 4.69) is 81.8 Å². The van der Waals surface area contributed by atoms with E-state index in [1.165, 1.54) is 11.1 Å². The summed E-state index contributed by atoms with van der Waals surface area (Å²) in [6.07, 6.45) is 8.11. The number of aromatic nitrogens is 4. The molecule has 5 heteroatoms. The number of hydrogen-bond acceptors (Lipinski definition) is 3. The zero-order valence-corrected chi connectivity index (χ0v) is 23.4. The van der Waals surface area contributed by atoms with Crippen LogP contribution in [0.2, 0.25) is 0 Å². The minimum Gasteiger partial charge on any atom is -0.455 e. The fourth-order valence-electron chi connectivity index (χ4n) is 5.21. The molecule has 2 N–H and O–H groups in total. The molecule has 0 saturated carbocycles. The summed E-state index contributed by atoms with van der Waals surface area (Å²) in [5.41, 5.74) is 9.71. The monoisotopic (exact) mass is 514 g/mol. The lowest BCUT2D eigenvalue weighted by Crippen LogP contribution is -2.22. The molecule has 0 unspecified atom stereocenters. The summed E-state index contributed by atoms with van der Waals surface area (Å²) in [5.74, 6) is 1.62. The first kappa shape index (κ1) is 24.9. The molecular weight excluding hydrogens is 480 g/mol. The van der Waals surface area contributed by atoms with Gasteiger partial charge in [0.05, 0.1) is 28.3 Å². The Hall–Kier alpha value is -4.38. The molecule has 0 atom stereocenters. The van der Waals surface area contributed by atoms with E-state index in [0.717, 1.165) is 56.3 Å². The van der Waals surface area contributed by atoms with Crippen molar-refractivity contribution in [2.45, 2.75) is 52.4 Å². The van der Waals surface area contributed by atoms with Gasteiger partial charge >= 0.3 is 0 Å². The van der Waals surface area contributed by atoms with Gasteiger partial charge in [0.25, 0.3) is 0 Å². The maximum absolute atomic E-state index is 6.75. The molecule has 196 valence electrons. The van der Waals surface area contributed by atoms with Crippen LogP contribution in [0, 0.1) is 0 Å². The van der Waals surface area contributed by atoms with Crippen molar-refractivity contribution in [1.82, 2.24) is 19.9 Å². The van der Waals surface area contributed by atoms with Crippen molar-refractivity contribution in [1.29, 1.82) is 0 Å². The number of aromatic amines is 2. The highest BCUT2D eigenvalue weighted by atomic mass is 16.5. The number of rotatable bonds is 2. The number of nitrogens with zero attached hydrogens (tertiary/aromatic N) is 2. The highest BCUT2D eigenvalue weighted by Crippen LogP contribution is 2.42. The van der Waals surface area contributed by atoms with E-state index in [1.54, 1.807) is 0 Å². The largest absolute Gasteiger partial charge is 0.455 e. The summed E-state index contributed by atoms with van der Waals surface area (Å²) in [5, 5.41) is 0. The Kier molecular flexibility index (Phi) is 5.83. The summed E-state index contributed by atoms with van der Waals surface area (Å²) in [6, 6.07) is 20.7. The number of benzene rings is 1. The number of H-pyrrole nitrogens is 2. The molecule has 8 bridgehead atoms. The van der Waals surface area contributed by atoms with E-state index in [9.17, 15) is 0 Å². The molecule has 5 nitrogen and oxygen atoms in total. The minimum atomic E-state index is -0.0950. The van der Waals surface area contributed by atoms with Gasteiger partial charge in [-0.15, -0.1) is 0 Å². The van der Waals surface area contributed by atoms with Crippen LogP contribution < -0.4 is 4.74 Å². The molecule has 39 heavy (non-hydrogen) atoms. The molecular formula is C34H34N4O. The van der Waals surface area contributed by atoms with Crippen LogP contribution in [0.1, 0.15) is 75.4 Å². The van der Waals surface area contributed by atoms with Gasteiger partial charge in [-0.05, 0) is 83.2 Å². The summed E-state index contributed by atoms with van der Waals surface area (Å²) >= 11 is 0. The van der Waals surface area contributed by atoms with Gasteiger partial charge in [-0.3, -0.25) is 0 Å². The molecule has 0 spiro atoms. The van der Waals surface area contributed by atoms with Crippen molar-refractivity contribution in [3.05, 3.63) is 94.6 Å². The fourth-order valence-corrected chi connectivity index (χ4v) is 5.21. The van der Waals surface area contributed by atoms with Crippen LogP contribution in [0.3, 0.4) is 0 Å². The number of fused-ring (bicyclic) bond motifs is 8. The standard InChI is InChI=1S/C34H34N4O/c1-33(2,3)28-8-7-9-30(32(28)34(4,5)6)39-31-20-27-18-25-13-12-23(36-25)16-21-10-11-22(35-21)17-24-14-15-26(37-24)19-29(31)38-27/h7-20,35,38H,1-6H3. The summed E-state index contributed by atoms with van der Waals surface area (Å²) < 4.78 is 6.75. The highest BCUT2D eigenvalue weighted by Gasteiger charge is 2.29. The molecule has 2 aliphatic heterocycles. The molecule has 6 rings (SSSR count). The SMILES string of the molecule is CC(C)(C)c1cccc(Oc2cc3cc4nc(cc5ccc(cc6nc(cc2[nH]3)C=C6)[nH]5)C=C4)c1C(C)(C)C. The van der Waals surface area contributed by atoms with Gasteiger partial charge in [-0.25, -0.2) is 9.97 Å². The van der Waals surface area contributed by atoms with Crippen LogP contribution in [-0.4, -0.2) is 19.9 Å². The van der Waals surface area contributed by atoms with Crippen molar-refractivity contribution in [3.63, 3.8) is 0 Å². The summed E-state index contributed by atoms with van der Waals surface area (Å²) in [4.78, 5) is 16.6. The summed E-state index contributed by atoms with van der Waals surface area (Å²) in [7, 11) is 0. The van der Waals surface area contributed by atoms with E-state index >= 15 is 0 Å². The topological polar surface area (TPSA) is 66.6 Å². The molecule has 0 aliphatic carbocycles. The van der Waals surface area contributed by atoms with E-state index < -0.39 is 0 Å². The second kappa shape index (κ2) is 9.12. The molecule has 2 aliphatic rings. The average Bonchev–Trinajstić information content (AvgIpc) is 3.64. The quantitative estimate of drug-likeness (QED) is 0.242. The minimum absolute atomic E-state index is 0.0121. The predicted octanol–water partition coefficient (Wildman–Crippen LogP) is 9.04. The zero-order valence-electron chi connectivity index (χ0n) is 23.4. The van der Waals surface area contributed by atoms with E-state index in [-0.39, 0.29) is 10.8 Å². The van der Waals surface area contributed by atoms with E-state index in [0.29, 0.717) is 0 Å². The maximum atomic E-state index is 6.75. The molecule has 5 heterocycles. The Morgan fingerprint density at radius 1 is 0.564 bits per heavy atom. The van der Waals surface area contributed by atoms with Crippen LogP contribution in [0.15, 0.2) is 60.7 Å². The van der Waals surface area contributed by atoms with Crippen LogP contribution >= 0.6 is 0 Å². The first-order valence-corrected chi connectivity index (χ1v) is 13.4. The second-order valence-electron chi connectivity index (χ2n) is 12.3. The lowest BCUT2D eigenvalue weighted by Gasteiger charge is -2.31. The van der Waals surface area contributed by atoms with Crippen LogP contribution in [-0.2, 0) is 10.8 Å². The highest BCUT2D eigenvalue weighted by molar-refractivity contribution is 5.79. The Labute approximate surface area is 229 Å². The fraction of sp³-hybridized carbons (Fsp3) is 0.235. The van der Waals surface area contributed by atoms with Crippen LogP contribution in [0.4, 0.5) is 0 Å². The number of nitrogens with one attached hydrogen (secondary N) is 2. The molecule has 0 saturated heterocycles. The summed E-state index contributed by atoms with van der Waals surface area (Å²) in [6.45, 7) is 13.5. The van der Waals surface area contributed by atoms with Gasteiger partial charge in [0, 0.05) is 28.2 Å².